The van der Waals surface area contributed by atoms with Crippen LogP contribution in [0, 0.1) is 11.3 Å². The summed E-state index contributed by atoms with van der Waals surface area (Å²) in [5.41, 5.74) is 2.65. The number of halogens is 1. The van der Waals surface area contributed by atoms with Crippen molar-refractivity contribution in [2.75, 3.05) is 5.32 Å². The molecule has 0 aliphatic heterocycles. The summed E-state index contributed by atoms with van der Waals surface area (Å²) in [6, 6.07) is 18.2. The van der Waals surface area contributed by atoms with Crippen LogP contribution in [0.3, 0.4) is 0 Å². The lowest BCUT2D eigenvalue weighted by atomic mass is 9.77. The standard InChI is InChI=1S/C17H15ClN2/c18-14-7-9-15(10-8-14)20-17(12-19)11-3-5-13-4-1-2-6-16(13)17/h1-2,4,6-10,20H,3,5,11H2. The molecule has 2 aromatic rings. The molecule has 0 radical (unpaired) electrons. The fourth-order valence-corrected chi connectivity index (χ4v) is 3.01. The van der Waals surface area contributed by atoms with Crippen LogP contribution in [0.5, 0.6) is 0 Å². The molecule has 2 aromatic carbocycles. The average Bonchev–Trinajstić information content (AvgIpc) is 2.50. The molecule has 1 atom stereocenters. The highest BCUT2D eigenvalue weighted by Gasteiger charge is 2.36. The maximum atomic E-state index is 9.77. The Balaban J connectivity index is 2.01. The van der Waals surface area contributed by atoms with E-state index in [0.717, 1.165) is 30.5 Å². The smallest absolute Gasteiger partial charge is 0.151 e. The van der Waals surface area contributed by atoms with Crippen molar-refractivity contribution in [1.29, 1.82) is 5.26 Å². The maximum absolute atomic E-state index is 9.77. The summed E-state index contributed by atoms with van der Waals surface area (Å²) in [7, 11) is 0. The molecule has 1 N–H and O–H groups in total. The highest BCUT2D eigenvalue weighted by molar-refractivity contribution is 6.30. The molecule has 0 amide bonds. The molecule has 0 bridgehead atoms. The van der Waals surface area contributed by atoms with Crippen molar-refractivity contribution >= 4 is 17.3 Å². The summed E-state index contributed by atoms with van der Waals surface area (Å²) >= 11 is 5.91. The first-order valence-electron chi connectivity index (χ1n) is 6.77. The van der Waals surface area contributed by atoms with Crippen LogP contribution in [-0.4, -0.2) is 0 Å². The van der Waals surface area contributed by atoms with Gasteiger partial charge in [0.2, 0.25) is 0 Å². The van der Waals surface area contributed by atoms with Gasteiger partial charge in [-0.2, -0.15) is 5.26 Å². The van der Waals surface area contributed by atoms with Gasteiger partial charge < -0.3 is 5.32 Å². The summed E-state index contributed by atoms with van der Waals surface area (Å²) in [6.45, 7) is 0. The van der Waals surface area contributed by atoms with Gasteiger partial charge in [-0.15, -0.1) is 0 Å². The van der Waals surface area contributed by atoms with Crippen LogP contribution in [0.2, 0.25) is 5.02 Å². The Bertz CT molecular complexity index is 657. The molecule has 0 saturated carbocycles. The van der Waals surface area contributed by atoms with Crippen LogP contribution in [0.4, 0.5) is 5.69 Å². The van der Waals surface area contributed by atoms with Crippen LogP contribution < -0.4 is 5.32 Å². The van der Waals surface area contributed by atoms with Gasteiger partial charge in [-0.3, -0.25) is 0 Å². The van der Waals surface area contributed by atoms with Crippen molar-refractivity contribution in [2.24, 2.45) is 0 Å². The number of hydrogen-bond donors (Lipinski definition) is 1. The Hall–Kier alpha value is -1.98. The summed E-state index contributed by atoms with van der Waals surface area (Å²) in [6.07, 6.45) is 2.89. The summed E-state index contributed by atoms with van der Waals surface area (Å²) in [5.74, 6) is 0. The monoisotopic (exact) mass is 282 g/mol. The SMILES string of the molecule is N#CC1(Nc2ccc(Cl)cc2)CCCc2ccccc21. The summed E-state index contributed by atoms with van der Waals surface area (Å²) in [5, 5.41) is 13.9. The predicted molar refractivity (Wildman–Crippen MR) is 81.7 cm³/mol. The van der Waals surface area contributed by atoms with E-state index in [9.17, 15) is 5.26 Å². The first kappa shape index (κ1) is 13.0. The first-order chi connectivity index (χ1) is 9.73. The van der Waals surface area contributed by atoms with Gasteiger partial charge in [0.15, 0.2) is 5.54 Å². The van der Waals surface area contributed by atoms with E-state index in [-0.39, 0.29) is 0 Å². The third-order valence-electron chi connectivity index (χ3n) is 3.87. The number of nitrogens with zero attached hydrogens (tertiary/aromatic N) is 1. The normalized spacial score (nSPS) is 20.8. The van der Waals surface area contributed by atoms with Gasteiger partial charge in [0.25, 0.3) is 0 Å². The minimum absolute atomic E-state index is 0.636. The van der Waals surface area contributed by atoms with E-state index < -0.39 is 5.54 Å². The number of hydrogen-bond acceptors (Lipinski definition) is 2. The molecule has 100 valence electrons. The molecule has 0 aromatic heterocycles. The third kappa shape index (κ3) is 2.26. The Morgan fingerprint density at radius 2 is 1.85 bits per heavy atom. The zero-order valence-electron chi connectivity index (χ0n) is 11.1. The quantitative estimate of drug-likeness (QED) is 0.880. The van der Waals surface area contributed by atoms with Crippen molar-refractivity contribution in [3.05, 3.63) is 64.7 Å². The van der Waals surface area contributed by atoms with Crippen LogP contribution in [-0.2, 0) is 12.0 Å². The van der Waals surface area contributed by atoms with E-state index in [1.807, 2.05) is 36.4 Å². The van der Waals surface area contributed by atoms with Gasteiger partial charge >= 0.3 is 0 Å². The van der Waals surface area contributed by atoms with Crippen molar-refractivity contribution in [2.45, 2.75) is 24.8 Å². The lowest BCUT2D eigenvalue weighted by Crippen LogP contribution is -2.37. The second-order valence-electron chi connectivity index (χ2n) is 5.16. The lowest BCUT2D eigenvalue weighted by molar-refractivity contribution is 0.505. The van der Waals surface area contributed by atoms with Crippen molar-refractivity contribution in [1.82, 2.24) is 0 Å². The Labute approximate surface area is 124 Å². The van der Waals surface area contributed by atoms with Crippen LogP contribution in [0.1, 0.15) is 24.0 Å². The van der Waals surface area contributed by atoms with Crippen molar-refractivity contribution < 1.29 is 0 Å². The molecular weight excluding hydrogens is 268 g/mol. The first-order valence-corrected chi connectivity index (χ1v) is 7.15. The van der Waals surface area contributed by atoms with E-state index in [4.69, 9.17) is 11.6 Å². The van der Waals surface area contributed by atoms with Crippen molar-refractivity contribution in [3.63, 3.8) is 0 Å². The fourth-order valence-electron chi connectivity index (χ4n) is 2.89. The van der Waals surface area contributed by atoms with Crippen LogP contribution in [0.25, 0.3) is 0 Å². The zero-order valence-corrected chi connectivity index (χ0v) is 11.8. The number of rotatable bonds is 2. The highest BCUT2D eigenvalue weighted by atomic mass is 35.5. The molecule has 0 fully saturated rings. The predicted octanol–water partition coefficient (Wildman–Crippen LogP) is 4.51. The molecule has 1 unspecified atom stereocenters. The van der Waals surface area contributed by atoms with E-state index in [1.165, 1.54) is 5.56 Å². The highest BCUT2D eigenvalue weighted by Crippen LogP contribution is 2.37. The minimum Gasteiger partial charge on any atom is -0.364 e. The molecule has 3 heteroatoms. The topological polar surface area (TPSA) is 35.8 Å². The maximum Gasteiger partial charge on any atom is 0.151 e. The number of nitriles is 1. The number of aryl methyl sites for hydroxylation is 1. The second-order valence-corrected chi connectivity index (χ2v) is 5.60. The molecule has 3 rings (SSSR count). The summed E-state index contributed by atoms with van der Waals surface area (Å²) in [4.78, 5) is 0. The van der Waals surface area contributed by atoms with Gasteiger partial charge in [0.1, 0.15) is 0 Å². The number of benzene rings is 2. The molecule has 1 aliphatic rings. The van der Waals surface area contributed by atoms with Crippen molar-refractivity contribution in [3.8, 4) is 6.07 Å². The van der Waals surface area contributed by atoms with Gasteiger partial charge in [-0.05, 0) is 54.7 Å². The number of fused-ring (bicyclic) bond motifs is 1. The molecule has 0 saturated heterocycles. The van der Waals surface area contributed by atoms with Crippen LogP contribution in [0.15, 0.2) is 48.5 Å². The molecule has 0 spiro atoms. The Morgan fingerprint density at radius 1 is 1.10 bits per heavy atom. The largest absolute Gasteiger partial charge is 0.364 e. The zero-order chi connectivity index (χ0) is 14.0. The summed E-state index contributed by atoms with van der Waals surface area (Å²) < 4.78 is 0. The van der Waals surface area contributed by atoms with E-state index in [2.05, 4.69) is 23.5 Å². The second kappa shape index (κ2) is 5.19. The molecule has 20 heavy (non-hydrogen) atoms. The minimum atomic E-state index is -0.636. The van der Waals surface area contributed by atoms with Gasteiger partial charge in [0.05, 0.1) is 6.07 Å². The van der Waals surface area contributed by atoms with Gasteiger partial charge in [-0.1, -0.05) is 35.9 Å². The molecule has 1 aliphatic carbocycles. The molecule has 0 heterocycles. The van der Waals surface area contributed by atoms with Crippen LogP contribution >= 0.6 is 11.6 Å². The number of nitrogens with one attached hydrogen (secondary N) is 1. The molecule has 2 nitrogen and oxygen atoms in total. The van der Waals surface area contributed by atoms with Gasteiger partial charge in [-0.25, -0.2) is 0 Å². The fraction of sp³-hybridized carbons (Fsp3) is 0.235. The van der Waals surface area contributed by atoms with Gasteiger partial charge in [0, 0.05) is 10.7 Å². The average molecular weight is 283 g/mol. The Morgan fingerprint density at radius 3 is 2.60 bits per heavy atom. The molecular formula is C17H15ClN2. The van der Waals surface area contributed by atoms with E-state index in [1.54, 1.807) is 0 Å². The van der Waals surface area contributed by atoms with E-state index in [0.29, 0.717) is 5.02 Å². The number of anilines is 1. The van der Waals surface area contributed by atoms with E-state index >= 15 is 0 Å². The third-order valence-corrected chi connectivity index (χ3v) is 4.12. The lowest BCUT2D eigenvalue weighted by Gasteiger charge is -2.35. The Kier molecular flexibility index (Phi) is 3.38.